The zero-order valence-electron chi connectivity index (χ0n) is 8.93. The first-order chi connectivity index (χ1) is 8.58. The minimum absolute atomic E-state index is 0.0314. The molecular weight excluding hydrogens is 244 g/mol. The van der Waals surface area contributed by atoms with Gasteiger partial charge in [-0.1, -0.05) is 6.07 Å². The number of carbonyl (C=O) groups is 1. The lowest BCUT2D eigenvalue weighted by Crippen LogP contribution is -2.03. The number of hydrogen-bond donors (Lipinski definition) is 1. The van der Waals surface area contributed by atoms with E-state index >= 15 is 0 Å². The van der Waals surface area contributed by atoms with Crippen LogP contribution < -0.4 is 4.74 Å². The molecule has 2 aromatic rings. The molecule has 0 aliphatic carbocycles. The first-order valence-corrected chi connectivity index (χ1v) is 4.89. The molecule has 0 fully saturated rings. The predicted molar refractivity (Wildman–Crippen MR) is 57.6 cm³/mol. The number of nitrogens with zero attached hydrogens (tertiary/aromatic N) is 1. The van der Waals surface area contributed by atoms with E-state index in [0.717, 1.165) is 18.3 Å². The number of rotatable bonds is 3. The number of aromatic nitrogens is 1. The van der Waals surface area contributed by atoms with Gasteiger partial charge in [0.05, 0.1) is 0 Å². The summed E-state index contributed by atoms with van der Waals surface area (Å²) in [4.78, 5) is 14.3. The average Bonchev–Trinajstić information content (AvgIpc) is 2.31. The van der Waals surface area contributed by atoms with E-state index in [9.17, 15) is 13.6 Å². The maximum atomic E-state index is 13.6. The standard InChI is InChI=1S/C12H7F2NO3/c13-7-2-1-3-8(6-7)18-11-10(14)9(12(16)17)4-5-15-11/h1-6H,(H,16,17). The SMILES string of the molecule is O=C(O)c1ccnc(Oc2cccc(F)c2)c1F. The average molecular weight is 251 g/mol. The Morgan fingerprint density at radius 2 is 2.06 bits per heavy atom. The zero-order valence-corrected chi connectivity index (χ0v) is 8.93. The van der Waals surface area contributed by atoms with Gasteiger partial charge >= 0.3 is 5.97 Å². The van der Waals surface area contributed by atoms with Crippen LogP contribution in [0.1, 0.15) is 10.4 Å². The van der Waals surface area contributed by atoms with Crippen LogP contribution in [0.4, 0.5) is 8.78 Å². The van der Waals surface area contributed by atoms with Crippen LogP contribution in [0.15, 0.2) is 36.5 Å². The number of halogens is 2. The first-order valence-electron chi connectivity index (χ1n) is 4.89. The summed E-state index contributed by atoms with van der Waals surface area (Å²) in [5, 5.41) is 8.72. The van der Waals surface area contributed by atoms with Crippen molar-refractivity contribution >= 4 is 5.97 Å². The Balaban J connectivity index is 2.35. The van der Waals surface area contributed by atoms with Crippen LogP contribution >= 0.6 is 0 Å². The third-order valence-corrected chi connectivity index (χ3v) is 2.10. The molecule has 92 valence electrons. The maximum Gasteiger partial charge on any atom is 0.338 e. The number of carboxylic acid groups (broad SMARTS) is 1. The highest BCUT2D eigenvalue weighted by molar-refractivity contribution is 5.88. The minimum atomic E-state index is -1.43. The summed E-state index contributed by atoms with van der Waals surface area (Å²) in [6.07, 6.45) is 1.10. The fourth-order valence-electron chi connectivity index (χ4n) is 1.30. The molecule has 0 spiro atoms. The molecule has 0 aliphatic heterocycles. The Morgan fingerprint density at radius 3 is 2.72 bits per heavy atom. The van der Waals surface area contributed by atoms with Gasteiger partial charge in [-0.2, -0.15) is 0 Å². The van der Waals surface area contributed by atoms with Crippen LogP contribution in [0.3, 0.4) is 0 Å². The summed E-state index contributed by atoms with van der Waals surface area (Å²) in [6, 6.07) is 6.02. The van der Waals surface area contributed by atoms with Crippen molar-refractivity contribution in [3.63, 3.8) is 0 Å². The van der Waals surface area contributed by atoms with Crippen molar-refractivity contribution in [2.75, 3.05) is 0 Å². The lowest BCUT2D eigenvalue weighted by atomic mass is 10.2. The molecule has 0 unspecified atom stereocenters. The second-order valence-corrected chi connectivity index (χ2v) is 3.34. The van der Waals surface area contributed by atoms with E-state index in [1.54, 1.807) is 0 Å². The van der Waals surface area contributed by atoms with Gasteiger partial charge in [-0.15, -0.1) is 0 Å². The molecule has 0 saturated carbocycles. The Morgan fingerprint density at radius 1 is 1.28 bits per heavy atom. The maximum absolute atomic E-state index is 13.6. The van der Waals surface area contributed by atoms with Crippen LogP contribution in [0, 0.1) is 11.6 Å². The number of carboxylic acids is 1. The van der Waals surface area contributed by atoms with Gasteiger partial charge in [0.2, 0.25) is 0 Å². The van der Waals surface area contributed by atoms with E-state index in [0.29, 0.717) is 0 Å². The monoisotopic (exact) mass is 251 g/mol. The third kappa shape index (κ3) is 2.42. The Bertz CT molecular complexity index is 602. The molecule has 1 aromatic carbocycles. The van der Waals surface area contributed by atoms with Gasteiger partial charge < -0.3 is 9.84 Å². The second kappa shape index (κ2) is 4.79. The summed E-state index contributed by atoms with van der Waals surface area (Å²) in [6.45, 7) is 0. The van der Waals surface area contributed by atoms with E-state index in [-0.39, 0.29) is 5.75 Å². The van der Waals surface area contributed by atoms with E-state index in [4.69, 9.17) is 9.84 Å². The number of benzene rings is 1. The normalized spacial score (nSPS) is 10.1. The van der Waals surface area contributed by atoms with Gasteiger partial charge in [-0.05, 0) is 18.2 Å². The molecule has 0 bridgehead atoms. The van der Waals surface area contributed by atoms with Crippen molar-refractivity contribution in [3.8, 4) is 11.6 Å². The highest BCUT2D eigenvalue weighted by Gasteiger charge is 2.16. The van der Waals surface area contributed by atoms with Crippen LogP contribution in [-0.4, -0.2) is 16.1 Å². The first kappa shape index (κ1) is 12.0. The zero-order chi connectivity index (χ0) is 13.1. The van der Waals surface area contributed by atoms with Crippen molar-refractivity contribution < 1.29 is 23.4 Å². The quantitative estimate of drug-likeness (QED) is 0.911. The molecule has 4 nitrogen and oxygen atoms in total. The molecule has 0 radical (unpaired) electrons. The number of pyridine rings is 1. The Kier molecular flexibility index (Phi) is 3.18. The number of aromatic carboxylic acids is 1. The summed E-state index contributed by atoms with van der Waals surface area (Å²) in [7, 11) is 0. The molecule has 0 aliphatic rings. The van der Waals surface area contributed by atoms with Crippen molar-refractivity contribution in [2.24, 2.45) is 0 Å². The molecular formula is C12H7F2NO3. The number of hydrogen-bond acceptors (Lipinski definition) is 3. The van der Waals surface area contributed by atoms with Crippen LogP contribution in [0.2, 0.25) is 0 Å². The number of ether oxygens (including phenoxy) is 1. The molecule has 0 saturated heterocycles. The molecule has 1 N–H and O–H groups in total. The minimum Gasteiger partial charge on any atom is -0.478 e. The van der Waals surface area contributed by atoms with Crippen LogP contribution in [0.25, 0.3) is 0 Å². The fourth-order valence-corrected chi connectivity index (χ4v) is 1.30. The van der Waals surface area contributed by atoms with E-state index < -0.39 is 29.0 Å². The fraction of sp³-hybridized carbons (Fsp3) is 0. The van der Waals surface area contributed by atoms with E-state index in [1.165, 1.54) is 18.2 Å². The molecule has 18 heavy (non-hydrogen) atoms. The highest BCUT2D eigenvalue weighted by atomic mass is 19.1. The topological polar surface area (TPSA) is 59.4 Å². The van der Waals surface area contributed by atoms with Crippen molar-refractivity contribution in [1.82, 2.24) is 4.98 Å². The van der Waals surface area contributed by atoms with Crippen molar-refractivity contribution in [3.05, 3.63) is 53.7 Å². The summed E-state index contributed by atoms with van der Waals surface area (Å²) >= 11 is 0. The summed E-state index contributed by atoms with van der Waals surface area (Å²) in [5.41, 5.74) is -0.559. The van der Waals surface area contributed by atoms with Gasteiger partial charge in [0.1, 0.15) is 17.1 Å². The smallest absolute Gasteiger partial charge is 0.338 e. The predicted octanol–water partition coefficient (Wildman–Crippen LogP) is 2.85. The Hall–Kier alpha value is -2.50. The molecule has 0 amide bonds. The highest BCUT2D eigenvalue weighted by Crippen LogP contribution is 2.24. The van der Waals surface area contributed by atoms with Gasteiger partial charge in [-0.25, -0.2) is 18.6 Å². The third-order valence-electron chi connectivity index (χ3n) is 2.10. The lowest BCUT2D eigenvalue weighted by molar-refractivity contribution is 0.0690. The van der Waals surface area contributed by atoms with Crippen molar-refractivity contribution in [2.45, 2.75) is 0 Å². The van der Waals surface area contributed by atoms with Gasteiger partial charge in [0.25, 0.3) is 5.88 Å². The van der Waals surface area contributed by atoms with Crippen molar-refractivity contribution in [1.29, 1.82) is 0 Å². The van der Waals surface area contributed by atoms with Crippen LogP contribution in [0.5, 0.6) is 11.6 Å². The van der Waals surface area contributed by atoms with Gasteiger partial charge in [0.15, 0.2) is 5.82 Å². The largest absolute Gasteiger partial charge is 0.478 e. The van der Waals surface area contributed by atoms with Gasteiger partial charge in [0, 0.05) is 12.3 Å². The van der Waals surface area contributed by atoms with Crippen LogP contribution in [-0.2, 0) is 0 Å². The summed E-state index contributed by atoms with van der Waals surface area (Å²) < 4.78 is 31.5. The second-order valence-electron chi connectivity index (χ2n) is 3.34. The van der Waals surface area contributed by atoms with Gasteiger partial charge in [-0.3, -0.25) is 0 Å². The van der Waals surface area contributed by atoms with E-state index in [1.807, 2.05) is 0 Å². The molecule has 1 aromatic heterocycles. The molecule has 0 atom stereocenters. The molecule has 1 heterocycles. The summed E-state index contributed by atoms with van der Waals surface area (Å²) in [5.74, 6) is -3.57. The Labute approximate surface area is 100 Å². The molecule has 6 heteroatoms. The lowest BCUT2D eigenvalue weighted by Gasteiger charge is -2.06. The molecule has 2 rings (SSSR count). The van der Waals surface area contributed by atoms with E-state index in [2.05, 4.69) is 4.98 Å².